The predicted octanol–water partition coefficient (Wildman–Crippen LogP) is 5.94. The summed E-state index contributed by atoms with van der Waals surface area (Å²) in [7, 11) is 0. The molecule has 0 aliphatic heterocycles. The van der Waals surface area contributed by atoms with Crippen LogP contribution in [-0.2, 0) is 6.54 Å². The normalized spacial score (nSPS) is 11.8. The number of benzene rings is 1. The van der Waals surface area contributed by atoms with Gasteiger partial charge in [-0.25, -0.2) is 19.9 Å². The summed E-state index contributed by atoms with van der Waals surface area (Å²) in [6.45, 7) is 10.4. The van der Waals surface area contributed by atoms with Crippen molar-refractivity contribution in [3.8, 4) is 11.3 Å². The minimum absolute atomic E-state index is 0.558. The largest absolute Gasteiger partial charge is 0.366 e. The van der Waals surface area contributed by atoms with Crippen LogP contribution in [0, 0.1) is 6.92 Å². The molecule has 0 amide bonds. The molecule has 0 aliphatic rings. The van der Waals surface area contributed by atoms with Crippen LogP contribution in [0.5, 0.6) is 0 Å². The van der Waals surface area contributed by atoms with Crippen molar-refractivity contribution >= 4 is 22.3 Å². The summed E-state index contributed by atoms with van der Waals surface area (Å²) < 4.78 is 0. The number of aromatic nitrogens is 5. The van der Waals surface area contributed by atoms with E-state index in [1.807, 2.05) is 69.6 Å². The Bertz CT molecular complexity index is 1350. The van der Waals surface area contributed by atoms with Crippen LogP contribution in [0.4, 0.5) is 5.82 Å². The molecule has 0 aliphatic carbocycles. The number of fused-ring (bicyclic) bond motifs is 1. The van der Waals surface area contributed by atoms with Gasteiger partial charge in [-0.3, -0.25) is 4.98 Å². The second kappa shape index (κ2) is 9.96. The van der Waals surface area contributed by atoms with Crippen molar-refractivity contribution < 1.29 is 0 Å². The molecular weight excluding hydrogens is 408 g/mol. The van der Waals surface area contributed by atoms with Crippen LogP contribution < -0.4 is 5.32 Å². The van der Waals surface area contributed by atoms with Gasteiger partial charge in [0, 0.05) is 52.8 Å². The van der Waals surface area contributed by atoms with Gasteiger partial charge in [-0.2, -0.15) is 0 Å². The molecule has 4 aromatic rings. The average Bonchev–Trinajstić information content (AvgIpc) is 2.83. The van der Waals surface area contributed by atoms with Gasteiger partial charge in [-0.05, 0) is 45.0 Å². The van der Waals surface area contributed by atoms with E-state index >= 15 is 0 Å². The van der Waals surface area contributed by atoms with E-state index in [1.165, 1.54) is 0 Å². The number of anilines is 1. The molecule has 0 radical (unpaired) electrons. The number of pyridine rings is 1. The highest BCUT2D eigenvalue weighted by atomic mass is 15.0. The fraction of sp³-hybridized carbons (Fsp3) is 0.148. The van der Waals surface area contributed by atoms with Gasteiger partial charge >= 0.3 is 0 Å². The molecular formula is C27H26N6. The van der Waals surface area contributed by atoms with Crippen molar-refractivity contribution in [2.45, 2.75) is 27.3 Å². The second-order valence-electron chi connectivity index (χ2n) is 7.82. The molecule has 6 heteroatoms. The highest BCUT2D eigenvalue weighted by molar-refractivity contribution is 5.84. The maximum absolute atomic E-state index is 4.53. The van der Waals surface area contributed by atoms with Gasteiger partial charge < -0.3 is 5.32 Å². The van der Waals surface area contributed by atoms with Crippen LogP contribution in [0.25, 0.3) is 27.7 Å². The van der Waals surface area contributed by atoms with Crippen LogP contribution in [-0.4, -0.2) is 24.9 Å². The van der Waals surface area contributed by atoms with Gasteiger partial charge in [0.1, 0.15) is 12.1 Å². The van der Waals surface area contributed by atoms with E-state index in [0.717, 1.165) is 50.3 Å². The van der Waals surface area contributed by atoms with Crippen molar-refractivity contribution in [3.05, 3.63) is 103 Å². The molecule has 1 N–H and O–H groups in total. The lowest BCUT2D eigenvalue weighted by Crippen LogP contribution is -2.06. The summed E-state index contributed by atoms with van der Waals surface area (Å²) in [5.74, 6) is 1.46. The van der Waals surface area contributed by atoms with Crippen LogP contribution in [0.3, 0.4) is 0 Å². The van der Waals surface area contributed by atoms with Gasteiger partial charge in [0.15, 0.2) is 5.82 Å². The Morgan fingerprint density at radius 2 is 1.88 bits per heavy atom. The summed E-state index contributed by atoms with van der Waals surface area (Å²) in [5, 5.41) is 4.48. The van der Waals surface area contributed by atoms with Gasteiger partial charge in [0.05, 0.1) is 11.2 Å². The van der Waals surface area contributed by atoms with Crippen molar-refractivity contribution in [3.63, 3.8) is 0 Å². The number of nitrogens with zero attached hydrogens (tertiary/aromatic N) is 5. The lowest BCUT2D eigenvalue weighted by Gasteiger charge is -2.12. The zero-order chi connectivity index (χ0) is 23.2. The first-order chi connectivity index (χ1) is 16.0. The fourth-order valence-corrected chi connectivity index (χ4v) is 3.56. The molecule has 3 aromatic heterocycles. The first-order valence-electron chi connectivity index (χ1n) is 10.8. The minimum Gasteiger partial charge on any atom is -0.366 e. The summed E-state index contributed by atoms with van der Waals surface area (Å²) in [5.41, 5.74) is 6.73. The first-order valence-corrected chi connectivity index (χ1v) is 10.8. The summed E-state index contributed by atoms with van der Waals surface area (Å²) >= 11 is 0. The third-order valence-corrected chi connectivity index (χ3v) is 5.13. The zero-order valence-electron chi connectivity index (χ0n) is 19.1. The second-order valence-corrected chi connectivity index (χ2v) is 7.82. The molecule has 0 saturated heterocycles. The molecule has 0 saturated carbocycles. The van der Waals surface area contributed by atoms with Gasteiger partial charge in [0.2, 0.25) is 0 Å². The number of hydrogen-bond acceptors (Lipinski definition) is 6. The number of rotatable bonds is 7. The quantitative estimate of drug-likeness (QED) is 0.363. The average molecular weight is 435 g/mol. The Kier molecular flexibility index (Phi) is 6.64. The number of nitrogens with one attached hydrogen (secondary N) is 1. The van der Waals surface area contributed by atoms with Crippen molar-refractivity contribution in [2.75, 3.05) is 5.32 Å². The maximum Gasteiger partial charge on any atom is 0.159 e. The summed E-state index contributed by atoms with van der Waals surface area (Å²) in [6.07, 6.45) is 13.0. The van der Waals surface area contributed by atoms with E-state index in [0.29, 0.717) is 12.4 Å². The molecule has 33 heavy (non-hydrogen) atoms. The smallest absolute Gasteiger partial charge is 0.159 e. The van der Waals surface area contributed by atoms with E-state index in [1.54, 1.807) is 12.5 Å². The molecule has 0 bridgehead atoms. The molecule has 4 rings (SSSR count). The monoisotopic (exact) mass is 434 g/mol. The predicted molar refractivity (Wildman–Crippen MR) is 134 cm³/mol. The molecule has 0 fully saturated rings. The minimum atomic E-state index is 0.558. The standard InChI is InChI=1S/C27H26N6/c1-5-7-23(12-18(2)3)27-30-15-20(16-31-27)14-29-26-19(4)25(32-17-33-26)22-9-10-24-21(13-22)8-6-11-28-24/h5-13,15-17H,2,14H2,1,3-4H3,(H,29,32,33)/b7-5-,23-12+. The Hall–Kier alpha value is -4.19. The third-order valence-electron chi connectivity index (χ3n) is 5.13. The highest BCUT2D eigenvalue weighted by Gasteiger charge is 2.10. The Morgan fingerprint density at radius 1 is 1.06 bits per heavy atom. The highest BCUT2D eigenvalue weighted by Crippen LogP contribution is 2.27. The molecule has 1 aromatic carbocycles. The van der Waals surface area contributed by atoms with Crippen LogP contribution in [0.2, 0.25) is 0 Å². The topological polar surface area (TPSA) is 76.5 Å². The molecule has 0 spiro atoms. The molecule has 6 nitrogen and oxygen atoms in total. The van der Waals surface area contributed by atoms with E-state index < -0.39 is 0 Å². The van der Waals surface area contributed by atoms with Crippen molar-refractivity contribution in [1.82, 2.24) is 24.9 Å². The zero-order valence-corrected chi connectivity index (χ0v) is 19.1. The lowest BCUT2D eigenvalue weighted by molar-refractivity contribution is 1.01. The third kappa shape index (κ3) is 5.18. The van der Waals surface area contributed by atoms with Crippen LogP contribution >= 0.6 is 0 Å². The van der Waals surface area contributed by atoms with E-state index in [-0.39, 0.29) is 0 Å². The maximum atomic E-state index is 4.53. The fourth-order valence-electron chi connectivity index (χ4n) is 3.56. The van der Waals surface area contributed by atoms with E-state index in [2.05, 4.69) is 48.9 Å². The summed E-state index contributed by atoms with van der Waals surface area (Å²) in [4.78, 5) is 22.4. The Morgan fingerprint density at radius 3 is 2.64 bits per heavy atom. The van der Waals surface area contributed by atoms with E-state index in [4.69, 9.17) is 0 Å². The van der Waals surface area contributed by atoms with Gasteiger partial charge in [-0.1, -0.05) is 36.4 Å². The van der Waals surface area contributed by atoms with Gasteiger partial charge in [0.25, 0.3) is 0 Å². The molecule has 3 heterocycles. The van der Waals surface area contributed by atoms with E-state index in [9.17, 15) is 0 Å². The lowest BCUT2D eigenvalue weighted by atomic mass is 10.0. The van der Waals surface area contributed by atoms with Crippen LogP contribution in [0.15, 0.2) is 85.6 Å². The Labute approximate surface area is 193 Å². The van der Waals surface area contributed by atoms with Gasteiger partial charge in [-0.15, -0.1) is 0 Å². The first kappa shape index (κ1) is 22.0. The summed E-state index contributed by atoms with van der Waals surface area (Å²) in [6, 6.07) is 10.2. The van der Waals surface area contributed by atoms with Crippen LogP contribution in [0.1, 0.15) is 30.8 Å². The molecule has 164 valence electrons. The SMILES string of the molecule is C=C(C)/C=C(\C=C/C)c1ncc(CNc2ncnc(-c3ccc4ncccc4c3)c2C)cn1. The van der Waals surface area contributed by atoms with Crippen molar-refractivity contribution in [1.29, 1.82) is 0 Å². The number of hydrogen-bond donors (Lipinski definition) is 1. The van der Waals surface area contributed by atoms with Crippen molar-refractivity contribution in [2.24, 2.45) is 0 Å². The Balaban J connectivity index is 1.52. The molecule has 0 unspecified atom stereocenters. The molecule has 0 atom stereocenters. The number of allylic oxidation sites excluding steroid dienone is 5.